The van der Waals surface area contributed by atoms with Crippen LogP contribution in [0, 0.1) is 12.3 Å². The SMILES string of the molecule is CCCCCCC(CCCCCC)(CCCCCC)CNC(=O)c1ccc(C)cc1. The number of rotatable bonds is 18. The van der Waals surface area contributed by atoms with Gasteiger partial charge in [0.25, 0.3) is 5.91 Å². The lowest BCUT2D eigenvalue weighted by molar-refractivity contribution is 0.0911. The molecule has 0 saturated carbocycles. The summed E-state index contributed by atoms with van der Waals surface area (Å²) in [6.07, 6.45) is 19.5. The van der Waals surface area contributed by atoms with E-state index in [0.29, 0.717) is 0 Å². The zero-order valence-corrected chi connectivity index (χ0v) is 20.5. The third-order valence-electron chi connectivity index (χ3n) is 6.62. The molecule has 0 heterocycles. The molecule has 0 aliphatic heterocycles. The predicted molar refractivity (Wildman–Crippen MR) is 132 cm³/mol. The van der Waals surface area contributed by atoms with Crippen molar-refractivity contribution in [3.63, 3.8) is 0 Å². The highest BCUT2D eigenvalue weighted by Gasteiger charge is 2.29. The molecule has 1 amide bonds. The number of unbranched alkanes of at least 4 members (excludes halogenated alkanes) is 9. The van der Waals surface area contributed by atoms with Gasteiger partial charge in [0.15, 0.2) is 0 Å². The molecular formula is C28H49NO. The maximum absolute atomic E-state index is 12.8. The highest BCUT2D eigenvalue weighted by atomic mass is 16.1. The van der Waals surface area contributed by atoms with Crippen molar-refractivity contribution in [1.29, 1.82) is 0 Å². The summed E-state index contributed by atoms with van der Waals surface area (Å²) in [5.41, 5.74) is 2.26. The van der Waals surface area contributed by atoms with Crippen LogP contribution in [0.15, 0.2) is 24.3 Å². The molecular weight excluding hydrogens is 366 g/mol. The van der Waals surface area contributed by atoms with E-state index in [9.17, 15) is 4.79 Å². The second kappa shape index (κ2) is 16.4. The number of carbonyl (C=O) groups is 1. The van der Waals surface area contributed by atoms with Crippen LogP contribution >= 0.6 is 0 Å². The summed E-state index contributed by atoms with van der Waals surface area (Å²) in [7, 11) is 0. The Morgan fingerprint density at radius 3 is 1.53 bits per heavy atom. The largest absolute Gasteiger partial charge is 0.351 e. The molecule has 0 bridgehead atoms. The van der Waals surface area contributed by atoms with Crippen LogP contribution in [0.2, 0.25) is 0 Å². The van der Waals surface area contributed by atoms with Gasteiger partial charge in [-0.05, 0) is 43.7 Å². The number of hydrogen-bond acceptors (Lipinski definition) is 1. The maximum Gasteiger partial charge on any atom is 0.251 e. The molecule has 1 aromatic carbocycles. The standard InChI is InChI=1S/C28H49NO/c1-5-8-11-14-21-28(22-15-12-9-6-2,23-16-13-10-7-3)24-29-27(30)26-19-17-25(4)18-20-26/h17-20H,5-16,21-24H2,1-4H3,(H,29,30). The molecule has 1 N–H and O–H groups in total. The number of carbonyl (C=O) groups excluding carboxylic acids is 1. The van der Waals surface area contributed by atoms with Gasteiger partial charge in [-0.25, -0.2) is 0 Å². The minimum Gasteiger partial charge on any atom is -0.351 e. The fourth-order valence-corrected chi connectivity index (χ4v) is 4.50. The van der Waals surface area contributed by atoms with Crippen LogP contribution in [0.25, 0.3) is 0 Å². The molecule has 0 radical (unpaired) electrons. The van der Waals surface area contributed by atoms with Crippen molar-refractivity contribution in [1.82, 2.24) is 5.32 Å². The van der Waals surface area contributed by atoms with E-state index in [1.54, 1.807) is 0 Å². The van der Waals surface area contributed by atoms with Crippen molar-refractivity contribution < 1.29 is 4.79 Å². The van der Waals surface area contributed by atoms with Crippen molar-refractivity contribution in [2.24, 2.45) is 5.41 Å². The van der Waals surface area contributed by atoms with E-state index in [2.05, 4.69) is 33.0 Å². The second-order valence-corrected chi connectivity index (χ2v) is 9.48. The topological polar surface area (TPSA) is 29.1 Å². The van der Waals surface area contributed by atoms with Gasteiger partial charge in [-0.15, -0.1) is 0 Å². The Morgan fingerprint density at radius 1 is 0.700 bits per heavy atom. The fourth-order valence-electron chi connectivity index (χ4n) is 4.50. The summed E-state index contributed by atoms with van der Waals surface area (Å²) in [5, 5.41) is 3.34. The Morgan fingerprint density at radius 2 is 1.13 bits per heavy atom. The lowest BCUT2D eigenvalue weighted by Crippen LogP contribution is -2.38. The van der Waals surface area contributed by atoms with E-state index in [0.717, 1.165) is 12.1 Å². The highest BCUT2D eigenvalue weighted by Crippen LogP contribution is 2.37. The van der Waals surface area contributed by atoms with Crippen molar-refractivity contribution in [2.75, 3.05) is 6.54 Å². The zero-order chi connectivity index (χ0) is 22.1. The van der Waals surface area contributed by atoms with Crippen molar-refractivity contribution >= 4 is 5.91 Å². The Bertz CT molecular complexity index is 517. The smallest absolute Gasteiger partial charge is 0.251 e. The molecule has 0 aromatic heterocycles. The number of benzene rings is 1. The summed E-state index contributed by atoms with van der Waals surface area (Å²) in [6, 6.07) is 7.97. The molecule has 0 fully saturated rings. The van der Waals surface area contributed by atoms with Gasteiger partial charge in [-0.2, -0.15) is 0 Å². The molecule has 0 atom stereocenters. The number of nitrogens with one attached hydrogen (secondary N) is 1. The molecule has 1 rings (SSSR count). The molecule has 30 heavy (non-hydrogen) atoms. The molecule has 2 nitrogen and oxygen atoms in total. The average molecular weight is 416 g/mol. The van der Waals surface area contributed by atoms with Gasteiger partial charge in [0, 0.05) is 12.1 Å². The van der Waals surface area contributed by atoms with Crippen molar-refractivity contribution in [3.05, 3.63) is 35.4 Å². The number of amides is 1. The van der Waals surface area contributed by atoms with Crippen molar-refractivity contribution in [3.8, 4) is 0 Å². The first-order chi connectivity index (χ1) is 14.6. The van der Waals surface area contributed by atoms with Gasteiger partial charge in [-0.3, -0.25) is 4.79 Å². The third kappa shape index (κ3) is 11.2. The highest BCUT2D eigenvalue weighted by molar-refractivity contribution is 5.94. The van der Waals surface area contributed by atoms with Gasteiger partial charge in [0.1, 0.15) is 0 Å². The van der Waals surface area contributed by atoms with Gasteiger partial charge in [0.2, 0.25) is 0 Å². The van der Waals surface area contributed by atoms with Gasteiger partial charge >= 0.3 is 0 Å². The molecule has 172 valence electrons. The molecule has 0 aliphatic carbocycles. The Kier molecular flexibility index (Phi) is 14.6. The first-order valence-electron chi connectivity index (χ1n) is 12.9. The quantitative estimate of drug-likeness (QED) is 0.239. The molecule has 0 spiro atoms. The van der Waals surface area contributed by atoms with Gasteiger partial charge in [0.05, 0.1) is 0 Å². The third-order valence-corrected chi connectivity index (χ3v) is 6.62. The van der Waals surface area contributed by atoms with Crippen LogP contribution in [-0.2, 0) is 0 Å². The molecule has 0 unspecified atom stereocenters. The first-order valence-corrected chi connectivity index (χ1v) is 12.9. The lowest BCUT2D eigenvalue weighted by atomic mass is 9.73. The predicted octanol–water partition coefficient (Wildman–Crippen LogP) is 8.62. The molecule has 1 aromatic rings. The summed E-state index contributed by atoms with van der Waals surface area (Å²) < 4.78 is 0. The fraction of sp³-hybridized carbons (Fsp3) is 0.750. The molecule has 0 aliphatic rings. The Hall–Kier alpha value is -1.31. The second-order valence-electron chi connectivity index (χ2n) is 9.48. The van der Waals surface area contributed by atoms with Gasteiger partial charge < -0.3 is 5.32 Å². The van der Waals surface area contributed by atoms with Crippen LogP contribution in [0.4, 0.5) is 0 Å². The number of aryl methyl sites for hydroxylation is 1. The number of hydrogen-bond donors (Lipinski definition) is 1. The lowest BCUT2D eigenvalue weighted by Gasteiger charge is -2.35. The summed E-state index contributed by atoms with van der Waals surface area (Å²) in [6.45, 7) is 9.75. The van der Waals surface area contributed by atoms with Gasteiger partial charge in [-0.1, -0.05) is 116 Å². The summed E-state index contributed by atoms with van der Waals surface area (Å²) >= 11 is 0. The monoisotopic (exact) mass is 415 g/mol. The van der Waals surface area contributed by atoms with Crippen LogP contribution in [0.5, 0.6) is 0 Å². The van der Waals surface area contributed by atoms with E-state index >= 15 is 0 Å². The maximum atomic E-state index is 12.8. The zero-order valence-electron chi connectivity index (χ0n) is 20.5. The van der Waals surface area contributed by atoms with Crippen LogP contribution in [0.1, 0.15) is 133 Å². The van der Waals surface area contributed by atoms with E-state index in [4.69, 9.17) is 0 Å². The minimum absolute atomic E-state index is 0.0926. The summed E-state index contributed by atoms with van der Waals surface area (Å²) in [4.78, 5) is 12.8. The molecule has 0 saturated heterocycles. The average Bonchev–Trinajstić information content (AvgIpc) is 2.76. The van der Waals surface area contributed by atoms with E-state index in [1.807, 2.05) is 24.3 Å². The van der Waals surface area contributed by atoms with E-state index < -0.39 is 0 Å². The summed E-state index contributed by atoms with van der Waals surface area (Å²) in [5.74, 6) is 0.0926. The Labute approximate surface area is 187 Å². The molecule has 2 heteroatoms. The van der Waals surface area contributed by atoms with Crippen molar-refractivity contribution in [2.45, 2.75) is 124 Å². The minimum atomic E-state index is 0.0926. The van der Waals surface area contributed by atoms with Crippen LogP contribution in [0.3, 0.4) is 0 Å². The van der Waals surface area contributed by atoms with Crippen LogP contribution < -0.4 is 5.32 Å². The first kappa shape index (κ1) is 26.7. The Balaban J connectivity index is 2.81. The van der Waals surface area contributed by atoms with E-state index in [-0.39, 0.29) is 11.3 Å². The van der Waals surface area contributed by atoms with E-state index in [1.165, 1.54) is 102 Å². The normalized spacial score (nSPS) is 11.6. The van der Waals surface area contributed by atoms with Crippen LogP contribution in [-0.4, -0.2) is 12.5 Å².